The summed E-state index contributed by atoms with van der Waals surface area (Å²) in [5.41, 5.74) is 7.46. The van der Waals surface area contributed by atoms with Crippen molar-refractivity contribution in [3.8, 4) is 11.1 Å². The molecular weight excluding hydrogens is 380 g/mol. The van der Waals surface area contributed by atoms with E-state index < -0.39 is 0 Å². The highest BCUT2D eigenvalue weighted by atomic mass is 16.2. The number of hydrogen-bond acceptors (Lipinski definition) is 1. The van der Waals surface area contributed by atoms with Crippen LogP contribution in [0.15, 0.2) is 72.8 Å². The maximum absolute atomic E-state index is 13.0. The average molecular weight is 414 g/mol. The molecule has 0 spiro atoms. The molecule has 0 heterocycles. The summed E-state index contributed by atoms with van der Waals surface area (Å²) in [6.45, 7) is 3.02. The summed E-state index contributed by atoms with van der Waals surface area (Å²) in [5, 5.41) is 3.12. The fourth-order valence-electron chi connectivity index (χ4n) is 4.61. The van der Waals surface area contributed by atoms with Gasteiger partial charge in [0.15, 0.2) is 0 Å². The fraction of sp³-hybridized carbons (Fsp3) is 0.321. The van der Waals surface area contributed by atoms with Crippen molar-refractivity contribution in [2.75, 3.05) is 26.0 Å². The molecule has 160 valence electrons. The number of carbonyl (C=O) groups excluding carboxylic acids is 1. The summed E-state index contributed by atoms with van der Waals surface area (Å²) >= 11 is 0. The maximum atomic E-state index is 13.0. The van der Waals surface area contributed by atoms with Crippen LogP contribution in [0, 0.1) is 5.92 Å². The molecule has 0 fully saturated rings. The zero-order chi connectivity index (χ0) is 21.8. The van der Waals surface area contributed by atoms with Crippen LogP contribution in [-0.2, 0) is 19.3 Å². The van der Waals surface area contributed by atoms with E-state index in [0.717, 1.165) is 43.5 Å². The number of urea groups is 1. The van der Waals surface area contributed by atoms with Crippen molar-refractivity contribution in [3.05, 3.63) is 89.5 Å². The molecule has 3 aromatic carbocycles. The van der Waals surface area contributed by atoms with Crippen molar-refractivity contribution in [1.29, 1.82) is 0 Å². The smallest absolute Gasteiger partial charge is 0.275 e. The Balaban J connectivity index is 1.37. The fourth-order valence-corrected chi connectivity index (χ4v) is 4.61. The second kappa shape index (κ2) is 9.07. The van der Waals surface area contributed by atoms with E-state index in [4.69, 9.17) is 0 Å². The van der Waals surface area contributed by atoms with Crippen molar-refractivity contribution in [2.45, 2.75) is 32.6 Å². The van der Waals surface area contributed by atoms with Gasteiger partial charge in [0.05, 0.1) is 20.6 Å². The molecule has 1 atom stereocenters. The van der Waals surface area contributed by atoms with Crippen LogP contribution in [0.3, 0.4) is 0 Å². The predicted molar refractivity (Wildman–Crippen MR) is 129 cm³/mol. The number of aryl methyl sites for hydroxylation is 2. The molecule has 1 N–H and O–H groups in total. The molecule has 0 aromatic heterocycles. The average Bonchev–Trinajstić information content (AvgIpc) is 2.79. The van der Waals surface area contributed by atoms with E-state index in [1.54, 1.807) is 0 Å². The van der Waals surface area contributed by atoms with Gasteiger partial charge in [-0.25, -0.2) is 9.28 Å². The van der Waals surface area contributed by atoms with Gasteiger partial charge in [0.1, 0.15) is 0 Å². The molecule has 1 unspecified atom stereocenters. The minimum atomic E-state index is 0.0407. The summed E-state index contributed by atoms with van der Waals surface area (Å²) in [4.78, 5) is 13.0. The van der Waals surface area contributed by atoms with Gasteiger partial charge in [0.2, 0.25) is 0 Å². The minimum absolute atomic E-state index is 0.0407. The molecule has 2 amide bonds. The number of benzene rings is 3. The van der Waals surface area contributed by atoms with Gasteiger partial charge in [0.25, 0.3) is 0 Å². The van der Waals surface area contributed by atoms with Crippen molar-refractivity contribution >= 4 is 11.7 Å². The van der Waals surface area contributed by atoms with Crippen molar-refractivity contribution in [2.24, 2.45) is 5.92 Å². The standard InChI is InChI=1S/C28H32N2O/c1-4-21-9-12-24(13-10-21)25-15-17-27(18-16-25)29-28(31)30(2,3)20-22-11-14-23-7-5-6-8-26(23)19-22/h5-10,12-13,15-18,22H,4,11,14,19-20H2,1-3H3/p+1. The van der Waals surface area contributed by atoms with Gasteiger partial charge in [-0.1, -0.05) is 67.6 Å². The van der Waals surface area contributed by atoms with Crippen LogP contribution in [0.25, 0.3) is 11.1 Å². The summed E-state index contributed by atoms with van der Waals surface area (Å²) in [6, 6.07) is 25.6. The Kier molecular flexibility index (Phi) is 6.24. The first-order valence-corrected chi connectivity index (χ1v) is 11.4. The molecule has 3 heteroatoms. The molecule has 31 heavy (non-hydrogen) atoms. The molecule has 0 saturated heterocycles. The first-order chi connectivity index (χ1) is 14.9. The van der Waals surface area contributed by atoms with E-state index in [1.807, 2.05) is 26.2 Å². The van der Waals surface area contributed by atoms with Crippen LogP contribution in [0.2, 0.25) is 0 Å². The van der Waals surface area contributed by atoms with E-state index in [2.05, 4.69) is 72.9 Å². The van der Waals surface area contributed by atoms with E-state index in [1.165, 1.54) is 22.3 Å². The van der Waals surface area contributed by atoms with Crippen molar-refractivity contribution in [1.82, 2.24) is 0 Å². The molecule has 1 aliphatic carbocycles. The monoisotopic (exact) mass is 413 g/mol. The predicted octanol–water partition coefficient (Wildman–Crippen LogP) is 6.33. The third kappa shape index (κ3) is 5.05. The van der Waals surface area contributed by atoms with E-state index in [-0.39, 0.29) is 6.03 Å². The number of carbonyl (C=O) groups is 1. The molecule has 3 aromatic rings. The van der Waals surface area contributed by atoms with E-state index in [9.17, 15) is 4.79 Å². The molecule has 4 rings (SSSR count). The van der Waals surface area contributed by atoms with Crippen molar-refractivity contribution in [3.63, 3.8) is 0 Å². The van der Waals surface area contributed by atoms with Crippen molar-refractivity contribution < 1.29 is 9.28 Å². The lowest BCUT2D eigenvalue weighted by Crippen LogP contribution is -2.51. The summed E-state index contributed by atoms with van der Waals surface area (Å²) in [6.07, 6.45) is 4.38. The van der Waals surface area contributed by atoms with Gasteiger partial charge < -0.3 is 0 Å². The SMILES string of the molecule is CCc1ccc(-c2ccc(NC(=O)[N+](C)(C)CC3CCc4ccccc4C3)cc2)cc1. The Bertz CT molecular complexity index is 1040. The Morgan fingerprint density at radius 2 is 1.52 bits per heavy atom. The van der Waals surface area contributed by atoms with Crippen LogP contribution < -0.4 is 5.32 Å². The topological polar surface area (TPSA) is 29.1 Å². The highest BCUT2D eigenvalue weighted by Gasteiger charge is 2.32. The molecular formula is C28H33N2O+. The number of nitrogens with one attached hydrogen (secondary N) is 1. The van der Waals surface area contributed by atoms with Gasteiger partial charge in [-0.05, 0) is 65.6 Å². The van der Waals surface area contributed by atoms with E-state index in [0.29, 0.717) is 10.4 Å². The Morgan fingerprint density at radius 1 is 0.903 bits per heavy atom. The quantitative estimate of drug-likeness (QED) is 0.487. The largest absolute Gasteiger partial charge is 0.420 e. The number of hydrogen-bond donors (Lipinski definition) is 1. The Hall–Kier alpha value is -2.91. The van der Waals surface area contributed by atoms with Crippen LogP contribution in [-0.4, -0.2) is 31.2 Å². The number of anilines is 1. The van der Waals surface area contributed by atoms with Gasteiger partial charge in [-0.2, -0.15) is 0 Å². The van der Waals surface area contributed by atoms with Crippen LogP contribution in [0.1, 0.15) is 30.0 Å². The zero-order valence-electron chi connectivity index (χ0n) is 18.9. The molecule has 0 saturated carbocycles. The Morgan fingerprint density at radius 3 is 2.16 bits per heavy atom. The summed E-state index contributed by atoms with van der Waals surface area (Å²) in [5.74, 6) is 0.532. The highest BCUT2D eigenvalue weighted by molar-refractivity contribution is 5.84. The lowest BCUT2D eigenvalue weighted by Gasteiger charge is -2.33. The number of amides is 2. The first kappa shape index (κ1) is 21.3. The van der Waals surface area contributed by atoms with E-state index >= 15 is 0 Å². The highest BCUT2D eigenvalue weighted by Crippen LogP contribution is 2.27. The minimum Gasteiger partial charge on any atom is -0.275 e. The normalized spacial score (nSPS) is 15.9. The molecule has 0 bridgehead atoms. The third-order valence-electron chi connectivity index (χ3n) is 6.55. The lowest BCUT2D eigenvalue weighted by atomic mass is 9.83. The van der Waals surface area contributed by atoms with Gasteiger partial charge in [-0.3, -0.25) is 5.32 Å². The van der Waals surface area contributed by atoms with Gasteiger partial charge >= 0.3 is 6.03 Å². The third-order valence-corrected chi connectivity index (χ3v) is 6.55. The summed E-state index contributed by atoms with van der Waals surface area (Å²) < 4.78 is 0.340. The second-order valence-corrected chi connectivity index (χ2v) is 9.30. The number of fused-ring (bicyclic) bond motifs is 1. The number of nitrogens with zero attached hydrogens (tertiary/aromatic N) is 1. The van der Waals surface area contributed by atoms with Gasteiger partial charge in [-0.15, -0.1) is 0 Å². The Labute approximate surface area is 186 Å². The number of rotatable bonds is 5. The first-order valence-electron chi connectivity index (χ1n) is 11.4. The second-order valence-electron chi connectivity index (χ2n) is 9.30. The van der Waals surface area contributed by atoms with Crippen LogP contribution >= 0.6 is 0 Å². The van der Waals surface area contributed by atoms with Crippen LogP contribution in [0.5, 0.6) is 0 Å². The number of quaternary nitrogens is 1. The molecule has 0 radical (unpaired) electrons. The molecule has 1 aliphatic rings. The van der Waals surface area contributed by atoms with Crippen LogP contribution in [0.4, 0.5) is 10.5 Å². The van der Waals surface area contributed by atoms with Gasteiger partial charge in [0, 0.05) is 11.6 Å². The summed E-state index contributed by atoms with van der Waals surface area (Å²) in [7, 11) is 4.03. The molecule has 0 aliphatic heterocycles. The lowest BCUT2D eigenvalue weighted by molar-refractivity contribution is -0.810. The maximum Gasteiger partial charge on any atom is 0.420 e. The molecule has 3 nitrogen and oxygen atoms in total. The zero-order valence-corrected chi connectivity index (χ0v) is 18.9.